The summed E-state index contributed by atoms with van der Waals surface area (Å²) in [5.41, 5.74) is 1.09. The summed E-state index contributed by atoms with van der Waals surface area (Å²) in [5, 5.41) is 9.20. The average Bonchev–Trinajstić information content (AvgIpc) is 3.17. The average molecular weight is 451 g/mol. The number of benzene rings is 1. The summed E-state index contributed by atoms with van der Waals surface area (Å²) in [7, 11) is 3.08. The molecule has 0 fully saturated rings. The molecular formula is C23H25N5O5. The van der Waals surface area contributed by atoms with Crippen molar-refractivity contribution in [2.75, 3.05) is 13.7 Å². The van der Waals surface area contributed by atoms with Gasteiger partial charge in [-0.2, -0.15) is 4.98 Å². The Balaban J connectivity index is 1.94. The molecule has 1 aromatic carbocycles. The fourth-order valence-electron chi connectivity index (χ4n) is 3.56. The van der Waals surface area contributed by atoms with Crippen LogP contribution in [0.25, 0.3) is 11.2 Å². The number of rotatable bonds is 8. The number of hydrogen-bond acceptors (Lipinski definition) is 7. The van der Waals surface area contributed by atoms with Crippen LogP contribution in [0.15, 0.2) is 52.2 Å². The van der Waals surface area contributed by atoms with Gasteiger partial charge in [0, 0.05) is 26.4 Å². The molecule has 0 unspecified atom stereocenters. The van der Waals surface area contributed by atoms with E-state index in [9.17, 15) is 14.7 Å². The minimum absolute atomic E-state index is 0.0919. The third kappa shape index (κ3) is 4.24. The summed E-state index contributed by atoms with van der Waals surface area (Å²) < 4.78 is 15.5. The maximum absolute atomic E-state index is 13.4. The monoisotopic (exact) mass is 451 g/mol. The lowest BCUT2D eigenvalue weighted by atomic mass is 10.3. The molecule has 4 aromatic rings. The number of fused-ring (bicyclic) bond motifs is 1. The highest BCUT2D eigenvalue weighted by atomic mass is 16.5. The Morgan fingerprint density at radius 1 is 1.06 bits per heavy atom. The van der Waals surface area contributed by atoms with Crippen LogP contribution in [-0.2, 0) is 20.1 Å². The van der Waals surface area contributed by atoms with E-state index in [1.54, 1.807) is 36.0 Å². The second-order valence-corrected chi connectivity index (χ2v) is 7.61. The van der Waals surface area contributed by atoms with E-state index in [0.717, 1.165) is 10.1 Å². The third-order valence-electron chi connectivity index (χ3n) is 5.30. The van der Waals surface area contributed by atoms with Crippen molar-refractivity contribution in [2.24, 2.45) is 7.05 Å². The number of imidazole rings is 1. The molecule has 0 saturated carbocycles. The summed E-state index contributed by atoms with van der Waals surface area (Å²) in [6, 6.07) is 11.0. The molecule has 0 aliphatic rings. The van der Waals surface area contributed by atoms with Gasteiger partial charge in [0.2, 0.25) is 0 Å². The van der Waals surface area contributed by atoms with Crippen molar-refractivity contribution >= 4 is 11.2 Å². The van der Waals surface area contributed by atoms with Crippen molar-refractivity contribution in [2.45, 2.75) is 26.4 Å². The van der Waals surface area contributed by atoms with Gasteiger partial charge in [0.05, 0.1) is 19.3 Å². The van der Waals surface area contributed by atoms with Crippen LogP contribution in [0.1, 0.15) is 17.7 Å². The Morgan fingerprint density at radius 3 is 2.48 bits per heavy atom. The van der Waals surface area contributed by atoms with E-state index in [-0.39, 0.29) is 43.3 Å². The Bertz CT molecular complexity index is 1400. The van der Waals surface area contributed by atoms with Gasteiger partial charge in [-0.05, 0) is 37.1 Å². The molecular weight excluding hydrogens is 426 g/mol. The maximum atomic E-state index is 13.4. The number of aromatic nitrogens is 5. The lowest BCUT2D eigenvalue weighted by Gasteiger charge is -2.12. The molecule has 0 saturated heterocycles. The molecule has 0 spiro atoms. The summed E-state index contributed by atoms with van der Waals surface area (Å²) in [5.74, 6) is 0.915. The minimum atomic E-state index is -0.511. The van der Waals surface area contributed by atoms with E-state index in [0.29, 0.717) is 17.2 Å². The van der Waals surface area contributed by atoms with Crippen molar-refractivity contribution in [3.8, 4) is 17.5 Å². The highest BCUT2D eigenvalue weighted by Gasteiger charge is 2.22. The van der Waals surface area contributed by atoms with E-state index in [1.807, 2.05) is 25.1 Å². The van der Waals surface area contributed by atoms with Gasteiger partial charge in [-0.25, -0.2) is 4.79 Å². The van der Waals surface area contributed by atoms with Crippen LogP contribution in [-0.4, -0.2) is 42.5 Å². The van der Waals surface area contributed by atoms with Crippen LogP contribution in [0.5, 0.6) is 17.5 Å². The minimum Gasteiger partial charge on any atom is -0.493 e. The molecule has 0 bridgehead atoms. The van der Waals surface area contributed by atoms with Gasteiger partial charge in [0.15, 0.2) is 22.7 Å². The van der Waals surface area contributed by atoms with Gasteiger partial charge in [0.1, 0.15) is 0 Å². The number of aryl methyl sites for hydroxylation is 2. The SMILES string of the molecule is COc1ccccc1Oc1nc2c(c(=O)n(CCCO)c(=O)n2C)n1Cc1ccc(C)cn1. The summed E-state index contributed by atoms with van der Waals surface area (Å²) >= 11 is 0. The molecule has 1 N–H and O–H groups in total. The van der Waals surface area contributed by atoms with Gasteiger partial charge in [-0.3, -0.25) is 23.5 Å². The van der Waals surface area contributed by atoms with E-state index >= 15 is 0 Å². The van der Waals surface area contributed by atoms with Gasteiger partial charge in [-0.15, -0.1) is 0 Å². The number of aliphatic hydroxyl groups is 1. The van der Waals surface area contributed by atoms with Crippen molar-refractivity contribution in [1.29, 1.82) is 0 Å². The first-order valence-corrected chi connectivity index (χ1v) is 10.5. The molecule has 4 rings (SSSR count). The smallest absolute Gasteiger partial charge is 0.332 e. The van der Waals surface area contributed by atoms with Crippen molar-refractivity contribution in [1.82, 2.24) is 23.7 Å². The second kappa shape index (κ2) is 9.29. The maximum Gasteiger partial charge on any atom is 0.332 e. The predicted octanol–water partition coefficient (Wildman–Crippen LogP) is 1.83. The molecule has 0 amide bonds. The van der Waals surface area contributed by atoms with Crippen LogP contribution < -0.4 is 20.7 Å². The number of methoxy groups -OCH3 is 1. The number of nitrogens with zero attached hydrogens (tertiary/aromatic N) is 5. The van der Waals surface area contributed by atoms with Crippen molar-refractivity contribution < 1.29 is 14.6 Å². The van der Waals surface area contributed by atoms with Crippen molar-refractivity contribution in [3.63, 3.8) is 0 Å². The predicted molar refractivity (Wildman–Crippen MR) is 122 cm³/mol. The topological polar surface area (TPSA) is 113 Å². The number of ether oxygens (including phenoxy) is 2. The molecule has 3 heterocycles. The van der Waals surface area contributed by atoms with Crippen LogP contribution in [0.4, 0.5) is 0 Å². The Labute approximate surface area is 189 Å². The highest BCUT2D eigenvalue weighted by Crippen LogP contribution is 2.32. The molecule has 0 aliphatic heterocycles. The fourth-order valence-corrected chi connectivity index (χ4v) is 3.56. The van der Waals surface area contributed by atoms with Gasteiger partial charge < -0.3 is 14.6 Å². The van der Waals surface area contributed by atoms with Crippen molar-refractivity contribution in [3.05, 3.63) is 74.7 Å². The summed E-state index contributed by atoms with van der Waals surface area (Å²) in [6.45, 7) is 2.10. The van der Waals surface area contributed by atoms with Crippen LogP contribution in [0.2, 0.25) is 0 Å². The first-order chi connectivity index (χ1) is 15.9. The zero-order valence-corrected chi connectivity index (χ0v) is 18.7. The number of aliphatic hydroxyl groups excluding tert-OH is 1. The zero-order valence-electron chi connectivity index (χ0n) is 18.7. The molecule has 10 heteroatoms. The van der Waals surface area contributed by atoms with Crippen LogP contribution in [0.3, 0.4) is 0 Å². The van der Waals surface area contributed by atoms with E-state index in [1.165, 1.54) is 11.7 Å². The first kappa shape index (κ1) is 22.3. The molecule has 0 aliphatic carbocycles. The van der Waals surface area contributed by atoms with Gasteiger partial charge in [0.25, 0.3) is 5.56 Å². The molecule has 10 nitrogen and oxygen atoms in total. The lowest BCUT2D eigenvalue weighted by Crippen LogP contribution is -2.39. The molecule has 3 aromatic heterocycles. The van der Waals surface area contributed by atoms with Crippen LogP contribution in [0, 0.1) is 6.92 Å². The standard InChI is InChI=1S/C23H25N5O5/c1-15-9-10-16(24-13-15)14-28-19-20(26(2)23(31)27(21(19)30)11-6-12-29)25-22(28)33-18-8-5-4-7-17(18)32-3/h4-5,7-10,13,29H,6,11-12,14H2,1-3H3. The highest BCUT2D eigenvalue weighted by molar-refractivity contribution is 5.72. The van der Waals surface area contributed by atoms with E-state index in [4.69, 9.17) is 9.47 Å². The van der Waals surface area contributed by atoms with Gasteiger partial charge in [-0.1, -0.05) is 18.2 Å². The number of hydrogen-bond donors (Lipinski definition) is 1. The van der Waals surface area contributed by atoms with E-state index in [2.05, 4.69) is 9.97 Å². The first-order valence-electron chi connectivity index (χ1n) is 10.5. The zero-order chi connectivity index (χ0) is 23.5. The molecule has 172 valence electrons. The van der Waals surface area contributed by atoms with E-state index < -0.39 is 11.2 Å². The number of pyridine rings is 1. The molecule has 0 atom stereocenters. The van der Waals surface area contributed by atoms with Crippen LogP contribution >= 0.6 is 0 Å². The second-order valence-electron chi connectivity index (χ2n) is 7.61. The molecule has 33 heavy (non-hydrogen) atoms. The lowest BCUT2D eigenvalue weighted by molar-refractivity contribution is 0.277. The normalized spacial score (nSPS) is 11.2. The van der Waals surface area contributed by atoms with Gasteiger partial charge >= 0.3 is 11.7 Å². The summed E-state index contributed by atoms with van der Waals surface area (Å²) in [6.07, 6.45) is 2.02. The third-order valence-corrected chi connectivity index (χ3v) is 5.30. The molecule has 0 radical (unpaired) electrons. The summed E-state index contributed by atoms with van der Waals surface area (Å²) in [4.78, 5) is 35.1. The Kier molecular flexibility index (Phi) is 6.27. The largest absolute Gasteiger partial charge is 0.493 e. The quantitative estimate of drug-likeness (QED) is 0.435. The number of para-hydroxylation sites is 2. The fraction of sp³-hybridized carbons (Fsp3) is 0.304. The Morgan fingerprint density at radius 2 is 1.82 bits per heavy atom. The Hall–Kier alpha value is -3.92.